The van der Waals surface area contributed by atoms with Crippen molar-refractivity contribution < 1.29 is 0 Å². The maximum absolute atomic E-state index is 6.28. The molecule has 0 aromatic heterocycles. The summed E-state index contributed by atoms with van der Waals surface area (Å²) in [7, 11) is 0. The summed E-state index contributed by atoms with van der Waals surface area (Å²) in [6.45, 7) is 6.69. The van der Waals surface area contributed by atoms with Gasteiger partial charge in [-0.15, -0.1) is 0 Å². The fourth-order valence-electron chi connectivity index (χ4n) is 2.71. The van der Waals surface area contributed by atoms with E-state index in [4.69, 9.17) is 5.73 Å². The molecular weight excluding hydrogens is 184 g/mol. The van der Waals surface area contributed by atoms with E-state index < -0.39 is 0 Å². The third-order valence-electron chi connectivity index (χ3n) is 4.25. The van der Waals surface area contributed by atoms with Crippen molar-refractivity contribution in [2.45, 2.75) is 57.9 Å². The fraction of sp³-hybridized carbons (Fsp3) is 1.00. The van der Waals surface area contributed by atoms with Gasteiger partial charge < -0.3 is 11.1 Å². The molecule has 2 saturated carbocycles. The average molecular weight is 210 g/mol. The van der Waals surface area contributed by atoms with Gasteiger partial charge in [0.15, 0.2) is 0 Å². The highest BCUT2D eigenvalue weighted by molar-refractivity contribution is 4.99. The molecule has 0 aromatic rings. The van der Waals surface area contributed by atoms with Crippen molar-refractivity contribution in [2.75, 3.05) is 13.1 Å². The molecule has 1 atom stereocenters. The molecule has 0 spiro atoms. The minimum atomic E-state index is 0.0439. The third-order valence-corrected chi connectivity index (χ3v) is 4.25. The standard InChI is InChI=1S/C13H26N2/c1-3-6-13(7-8-13)10-15-9-12(2,14)11-4-5-11/h11,15H,3-10,14H2,1-2H3. The molecule has 0 heterocycles. The molecule has 88 valence electrons. The molecule has 2 rings (SSSR count). The van der Waals surface area contributed by atoms with Crippen LogP contribution in [0.25, 0.3) is 0 Å². The van der Waals surface area contributed by atoms with Crippen molar-refractivity contribution in [1.82, 2.24) is 5.32 Å². The second-order valence-electron chi connectivity index (χ2n) is 6.13. The summed E-state index contributed by atoms with van der Waals surface area (Å²) in [4.78, 5) is 0. The molecule has 15 heavy (non-hydrogen) atoms. The van der Waals surface area contributed by atoms with Crippen LogP contribution >= 0.6 is 0 Å². The summed E-state index contributed by atoms with van der Waals surface area (Å²) in [5, 5.41) is 3.61. The van der Waals surface area contributed by atoms with Crippen molar-refractivity contribution in [1.29, 1.82) is 0 Å². The summed E-state index contributed by atoms with van der Waals surface area (Å²) in [6.07, 6.45) is 8.26. The zero-order valence-corrected chi connectivity index (χ0v) is 10.3. The Morgan fingerprint density at radius 2 is 2.07 bits per heavy atom. The minimum Gasteiger partial charge on any atom is -0.324 e. The van der Waals surface area contributed by atoms with E-state index in [1.54, 1.807) is 0 Å². The van der Waals surface area contributed by atoms with Gasteiger partial charge in [-0.2, -0.15) is 0 Å². The Kier molecular flexibility index (Phi) is 3.09. The smallest absolute Gasteiger partial charge is 0.0280 e. The Balaban J connectivity index is 1.66. The maximum Gasteiger partial charge on any atom is 0.0280 e. The molecule has 2 nitrogen and oxygen atoms in total. The monoisotopic (exact) mass is 210 g/mol. The number of hydrogen-bond donors (Lipinski definition) is 2. The lowest BCUT2D eigenvalue weighted by Gasteiger charge is -2.26. The Labute approximate surface area is 94.0 Å². The summed E-state index contributed by atoms with van der Waals surface area (Å²) in [6, 6.07) is 0. The van der Waals surface area contributed by atoms with Gasteiger partial charge in [-0.3, -0.25) is 0 Å². The molecule has 0 radical (unpaired) electrons. The summed E-state index contributed by atoms with van der Waals surface area (Å²) in [5.41, 5.74) is 6.99. The average Bonchev–Trinajstić information content (AvgIpc) is 2.98. The van der Waals surface area contributed by atoms with Gasteiger partial charge in [0, 0.05) is 18.6 Å². The van der Waals surface area contributed by atoms with Crippen molar-refractivity contribution >= 4 is 0 Å². The van der Waals surface area contributed by atoms with Crippen LogP contribution in [0.2, 0.25) is 0 Å². The molecule has 2 aliphatic rings. The van der Waals surface area contributed by atoms with E-state index in [0.29, 0.717) is 5.41 Å². The molecule has 0 aromatic carbocycles. The van der Waals surface area contributed by atoms with E-state index >= 15 is 0 Å². The Bertz CT molecular complexity index is 215. The Morgan fingerprint density at radius 3 is 2.53 bits per heavy atom. The van der Waals surface area contributed by atoms with E-state index in [2.05, 4.69) is 19.2 Å². The van der Waals surface area contributed by atoms with Crippen molar-refractivity contribution in [3.8, 4) is 0 Å². The van der Waals surface area contributed by atoms with Crippen molar-refractivity contribution in [3.05, 3.63) is 0 Å². The molecule has 0 amide bonds. The second-order valence-corrected chi connectivity index (χ2v) is 6.13. The SMILES string of the molecule is CCCC1(CNCC(C)(N)C2CC2)CC1. The van der Waals surface area contributed by atoms with Crippen LogP contribution in [0.15, 0.2) is 0 Å². The predicted octanol–water partition coefficient (Wildman–Crippen LogP) is 2.28. The summed E-state index contributed by atoms with van der Waals surface area (Å²) in [5.74, 6) is 0.784. The van der Waals surface area contributed by atoms with Crippen LogP contribution in [0.1, 0.15) is 52.4 Å². The van der Waals surface area contributed by atoms with Crippen LogP contribution in [0, 0.1) is 11.3 Å². The molecule has 0 saturated heterocycles. The van der Waals surface area contributed by atoms with Gasteiger partial charge in [0.25, 0.3) is 0 Å². The van der Waals surface area contributed by atoms with E-state index in [9.17, 15) is 0 Å². The minimum absolute atomic E-state index is 0.0439. The van der Waals surface area contributed by atoms with E-state index in [1.165, 1.54) is 45.1 Å². The topological polar surface area (TPSA) is 38.0 Å². The van der Waals surface area contributed by atoms with Crippen molar-refractivity contribution in [2.24, 2.45) is 17.1 Å². The highest BCUT2D eigenvalue weighted by atomic mass is 15.0. The van der Waals surface area contributed by atoms with Crippen LogP contribution in [0.5, 0.6) is 0 Å². The van der Waals surface area contributed by atoms with Crippen LogP contribution in [0.3, 0.4) is 0 Å². The van der Waals surface area contributed by atoms with Gasteiger partial charge in [0.2, 0.25) is 0 Å². The lowest BCUT2D eigenvalue weighted by molar-refractivity contribution is 0.345. The molecule has 2 aliphatic carbocycles. The molecule has 3 N–H and O–H groups in total. The van der Waals surface area contributed by atoms with Crippen LogP contribution in [-0.2, 0) is 0 Å². The van der Waals surface area contributed by atoms with Gasteiger partial charge in [-0.25, -0.2) is 0 Å². The lowest BCUT2D eigenvalue weighted by atomic mass is 9.96. The molecule has 2 fully saturated rings. The third kappa shape index (κ3) is 2.94. The zero-order valence-electron chi connectivity index (χ0n) is 10.3. The molecule has 1 unspecified atom stereocenters. The molecule has 0 bridgehead atoms. The Morgan fingerprint density at radius 1 is 1.40 bits per heavy atom. The first-order valence-electron chi connectivity index (χ1n) is 6.58. The van der Waals surface area contributed by atoms with Crippen LogP contribution < -0.4 is 11.1 Å². The van der Waals surface area contributed by atoms with Gasteiger partial charge >= 0.3 is 0 Å². The maximum atomic E-state index is 6.28. The fourth-order valence-corrected chi connectivity index (χ4v) is 2.71. The van der Waals surface area contributed by atoms with Gasteiger partial charge in [0.05, 0.1) is 0 Å². The predicted molar refractivity (Wildman–Crippen MR) is 64.8 cm³/mol. The zero-order chi connectivity index (χ0) is 10.9. The van der Waals surface area contributed by atoms with E-state index in [1.807, 2.05) is 0 Å². The number of rotatable bonds is 7. The van der Waals surface area contributed by atoms with Gasteiger partial charge in [-0.05, 0) is 50.4 Å². The lowest BCUT2D eigenvalue weighted by Crippen LogP contribution is -2.49. The highest BCUT2D eigenvalue weighted by Gasteiger charge is 2.42. The van der Waals surface area contributed by atoms with Gasteiger partial charge in [0.1, 0.15) is 0 Å². The van der Waals surface area contributed by atoms with E-state index in [0.717, 1.165) is 12.5 Å². The molecule has 2 heteroatoms. The van der Waals surface area contributed by atoms with Crippen LogP contribution in [-0.4, -0.2) is 18.6 Å². The van der Waals surface area contributed by atoms with Gasteiger partial charge in [-0.1, -0.05) is 13.3 Å². The quantitative estimate of drug-likeness (QED) is 0.676. The highest BCUT2D eigenvalue weighted by Crippen LogP contribution is 2.49. The van der Waals surface area contributed by atoms with Crippen LogP contribution in [0.4, 0.5) is 0 Å². The summed E-state index contributed by atoms with van der Waals surface area (Å²) < 4.78 is 0. The largest absolute Gasteiger partial charge is 0.324 e. The first kappa shape index (κ1) is 11.4. The Hall–Kier alpha value is -0.0800. The van der Waals surface area contributed by atoms with E-state index in [-0.39, 0.29) is 5.54 Å². The normalized spacial score (nSPS) is 27.4. The number of nitrogens with two attached hydrogens (primary N) is 1. The van der Waals surface area contributed by atoms with Crippen molar-refractivity contribution in [3.63, 3.8) is 0 Å². The second kappa shape index (κ2) is 4.06. The summed E-state index contributed by atoms with van der Waals surface area (Å²) >= 11 is 0. The first-order valence-corrected chi connectivity index (χ1v) is 6.58. The molecular formula is C13H26N2. The molecule has 0 aliphatic heterocycles. The number of nitrogens with one attached hydrogen (secondary N) is 1. The number of hydrogen-bond acceptors (Lipinski definition) is 2. The first-order chi connectivity index (χ1) is 7.08.